The predicted octanol–water partition coefficient (Wildman–Crippen LogP) is 3.77. The van der Waals surface area contributed by atoms with Crippen molar-refractivity contribution in [3.05, 3.63) is 28.2 Å². The second kappa shape index (κ2) is 6.58. The number of amides is 2. The first-order chi connectivity index (χ1) is 9.19. The van der Waals surface area contributed by atoms with Crippen molar-refractivity contribution in [2.24, 2.45) is 0 Å². The van der Waals surface area contributed by atoms with Gasteiger partial charge in [-0.15, -0.1) is 0 Å². The monoisotopic (exact) mass is 321 g/mol. The van der Waals surface area contributed by atoms with Gasteiger partial charge in [-0.05, 0) is 31.0 Å². The van der Waals surface area contributed by atoms with E-state index in [1.807, 2.05) is 0 Å². The number of nitrogens with one attached hydrogen (secondary N) is 2. The van der Waals surface area contributed by atoms with Crippen molar-refractivity contribution in [2.45, 2.75) is 38.1 Å². The van der Waals surface area contributed by atoms with Gasteiger partial charge in [0, 0.05) is 10.5 Å². The highest BCUT2D eigenvalue weighted by Crippen LogP contribution is 2.21. The summed E-state index contributed by atoms with van der Waals surface area (Å²) in [7, 11) is 0. The second-order valence-corrected chi connectivity index (χ2v) is 5.65. The first kappa shape index (κ1) is 13.9. The molecule has 19 heavy (non-hydrogen) atoms. The average Bonchev–Trinajstić information content (AvgIpc) is 2.40. The van der Waals surface area contributed by atoms with Crippen LogP contribution in [0.2, 0.25) is 0 Å². The van der Waals surface area contributed by atoms with Crippen LogP contribution >= 0.6 is 15.9 Å². The van der Waals surface area contributed by atoms with E-state index >= 15 is 0 Å². The number of rotatable bonds is 2. The Bertz CT molecular complexity index is 504. The Hall–Kier alpha value is -1.54. The molecule has 0 unspecified atom stereocenters. The van der Waals surface area contributed by atoms with E-state index in [9.17, 15) is 4.79 Å². The molecule has 1 fully saturated rings. The lowest BCUT2D eigenvalue weighted by Gasteiger charge is -2.23. The molecule has 0 aliphatic heterocycles. The molecule has 1 aliphatic rings. The highest BCUT2D eigenvalue weighted by Gasteiger charge is 2.16. The van der Waals surface area contributed by atoms with Gasteiger partial charge in [0.1, 0.15) is 6.07 Å². The fraction of sp³-hybridized carbons (Fsp3) is 0.429. The maximum atomic E-state index is 11.9. The number of carbonyl (C=O) groups is 1. The normalized spacial score (nSPS) is 15.6. The summed E-state index contributed by atoms with van der Waals surface area (Å²) in [6.07, 6.45) is 5.68. The SMILES string of the molecule is N#Cc1ccc(Br)cc1NC(=O)NC1CCCCC1. The van der Waals surface area contributed by atoms with Crippen LogP contribution in [0.1, 0.15) is 37.7 Å². The van der Waals surface area contributed by atoms with Gasteiger partial charge in [0.25, 0.3) is 0 Å². The van der Waals surface area contributed by atoms with Crippen molar-refractivity contribution < 1.29 is 4.79 Å². The molecule has 2 amide bonds. The molecule has 5 heteroatoms. The summed E-state index contributed by atoms with van der Waals surface area (Å²) in [5.41, 5.74) is 0.993. The van der Waals surface area contributed by atoms with Gasteiger partial charge < -0.3 is 10.6 Å². The Morgan fingerprint density at radius 1 is 1.32 bits per heavy atom. The second-order valence-electron chi connectivity index (χ2n) is 4.74. The summed E-state index contributed by atoms with van der Waals surface area (Å²) in [5.74, 6) is 0. The number of urea groups is 1. The molecule has 0 radical (unpaired) electrons. The standard InChI is InChI=1S/C14H16BrN3O/c15-11-7-6-10(9-16)13(8-11)18-14(19)17-12-4-2-1-3-5-12/h6-8,12H,1-5H2,(H2,17,18,19). The number of nitriles is 1. The number of hydrogen-bond donors (Lipinski definition) is 2. The molecule has 0 heterocycles. The molecule has 0 spiro atoms. The fourth-order valence-electron chi connectivity index (χ4n) is 2.31. The molecule has 0 saturated heterocycles. The van der Waals surface area contributed by atoms with Crippen molar-refractivity contribution in [2.75, 3.05) is 5.32 Å². The zero-order chi connectivity index (χ0) is 13.7. The third-order valence-electron chi connectivity index (χ3n) is 3.29. The third kappa shape index (κ3) is 3.97. The van der Waals surface area contributed by atoms with E-state index < -0.39 is 0 Å². The summed E-state index contributed by atoms with van der Waals surface area (Å²) >= 11 is 3.33. The summed E-state index contributed by atoms with van der Waals surface area (Å²) in [6.45, 7) is 0. The molecule has 2 rings (SSSR count). The van der Waals surface area contributed by atoms with Crippen LogP contribution in [-0.4, -0.2) is 12.1 Å². The van der Waals surface area contributed by atoms with Gasteiger partial charge in [0.05, 0.1) is 11.3 Å². The number of hydrogen-bond acceptors (Lipinski definition) is 2. The minimum absolute atomic E-state index is 0.235. The van der Waals surface area contributed by atoms with E-state index in [0.717, 1.165) is 17.3 Å². The Morgan fingerprint density at radius 2 is 2.05 bits per heavy atom. The smallest absolute Gasteiger partial charge is 0.319 e. The molecule has 0 aromatic heterocycles. The number of anilines is 1. The largest absolute Gasteiger partial charge is 0.335 e. The van der Waals surface area contributed by atoms with E-state index in [0.29, 0.717) is 11.3 Å². The van der Waals surface area contributed by atoms with Gasteiger partial charge >= 0.3 is 6.03 Å². The Labute approximate surface area is 121 Å². The third-order valence-corrected chi connectivity index (χ3v) is 3.78. The van der Waals surface area contributed by atoms with Crippen LogP contribution in [0, 0.1) is 11.3 Å². The van der Waals surface area contributed by atoms with Gasteiger partial charge in [-0.3, -0.25) is 0 Å². The minimum Gasteiger partial charge on any atom is -0.335 e. The Morgan fingerprint density at radius 3 is 2.74 bits per heavy atom. The lowest BCUT2D eigenvalue weighted by atomic mass is 9.96. The maximum absolute atomic E-state index is 11.9. The molecular weight excluding hydrogens is 306 g/mol. The predicted molar refractivity (Wildman–Crippen MR) is 77.9 cm³/mol. The van der Waals surface area contributed by atoms with Gasteiger partial charge in [-0.2, -0.15) is 5.26 Å². The van der Waals surface area contributed by atoms with E-state index in [4.69, 9.17) is 5.26 Å². The lowest BCUT2D eigenvalue weighted by Crippen LogP contribution is -2.39. The van der Waals surface area contributed by atoms with Crippen LogP contribution in [0.5, 0.6) is 0 Å². The van der Waals surface area contributed by atoms with Crippen molar-refractivity contribution in [3.8, 4) is 6.07 Å². The van der Waals surface area contributed by atoms with Crippen LogP contribution in [0.15, 0.2) is 22.7 Å². The first-order valence-corrected chi connectivity index (χ1v) is 7.25. The molecule has 1 saturated carbocycles. The maximum Gasteiger partial charge on any atom is 0.319 e. The van der Waals surface area contributed by atoms with E-state index in [-0.39, 0.29) is 12.1 Å². The van der Waals surface area contributed by atoms with Gasteiger partial charge in [0.2, 0.25) is 0 Å². The molecule has 1 aliphatic carbocycles. The Balaban J connectivity index is 1.98. The molecule has 2 N–H and O–H groups in total. The molecule has 100 valence electrons. The van der Waals surface area contributed by atoms with Crippen LogP contribution in [0.3, 0.4) is 0 Å². The average molecular weight is 322 g/mol. The zero-order valence-electron chi connectivity index (χ0n) is 10.6. The van der Waals surface area contributed by atoms with Crippen LogP contribution in [0.4, 0.5) is 10.5 Å². The van der Waals surface area contributed by atoms with Crippen molar-refractivity contribution >= 4 is 27.6 Å². The molecule has 1 aromatic rings. The van der Waals surface area contributed by atoms with Gasteiger partial charge in [-0.25, -0.2) is 4.79 Å². The first-order valence-electron chi connectivity index (χ1n) is 6.46. The van der Waals surface area contributed by atoms with Crippen molar-refractivity contribution in [1.29, 1.82) is 5.26 Å². The quantitative estimate of drug-likeness (QED) is 0.870. The molecule has 0 bridgehead atoms. The zero-order valence-corrected chi connectivity index (χ0v) is 12.2. The molecular formula is C14H16BrN3O. The van der Waals surface area contributed by atoms with Gasteiger partial charge in [0.15, 0.2) is 0 Å². The van der Waals surface area contributed by atoms with Crippen LogP contribution in [0.25, 0.3) is 0 Å². The van der Waals surface area contributed by atoms with E-state index in [1.54, 1.807) is 18.2 Å². The Kier molecular flexibility index (Phi) is 4.80. The highest BCUT2D eigenvalue weighted by atomic mass is 79.9. The number of nitrogens with zero attached hydrogens (tertiary/aromatic N) is 1. The summed E-state index contributed by atoms with van der Waals surface area (Å²) in [5, 5.41) is 14.7. The van der Waals surface area contributed by atoms with Crippen LogP contribution in [-0.2, 0) is 0 Å². The number of halogens is 1. The van der Waals surface area contributed by atoms with Gasteiger partial charge in [-0.1, -0.05) is 35.2 Å². The lowest BCUT2D eigenvalue weighted by molar-refractivity contribution is 0.244. The molecule has 4 nitrogen and oxygen atoms in total. The van der Waals surface area contributed by atoms with Crippen molar-refractivity contribution in [3.63, 3.8) is 0 Å². The number of benzene rings is 1. The topological polar surface area (TPSA) is 64.9 Å². The van der Waals surface area contributed by atoms with E-state index in [1.165, 1.54) is 19.3 Å². The van der Waals surface area contributed by atoms with Crippen LogP contribution < -0.4 is 10.6 Å². The summed E-state index contributed by atoms with van der Waals surface area (Å²) in [6, 6.07) is 7.29. The molecule has 0 atom stereocenters. The highest BCUT2D eigenvalue weighted by molar-refractivity contribution is 9.10. The number of carbonyl (C=O) groups excluding carboxylic acids is 1. The summed E-state index contributed by atoms with van der Waals surface area (Å²) < 4.78 is 0.833. The summed E-state index contributed by atoms with van der Waals surface area (Å²) in [4.78, 5) is 11.9. The molecule has 1 aromatic carbocycles. The van der Waals surface area contributed by atoms with E-state index in [2.05, 4.69) is 32.6 Å². The van der Waals surface area contributed by atoms with Crippen molar-refractivity contribution in [1.82, 2.24) is 5.32 Å². The minimum atomic E-state index is -0.235. The fourth-order valence-corrected chi connectivity index (χ4v) is 2.67.